The second-order valence-electron chi connectivity index (χ2n) is 5.26. The molecule has 1 amide bonds. The van der Waals surface area contributed by atoms with Gasteiger partial charge in [0.2, 0.25) is 12.2 Å². The third-order valence-electron chi connectivity index (χ3n) is 3.81. The number of rotatable bonds is 3. The van der Waals surface area contributed by atoms with Crippen LogP contribution in [0.5, 0.6) is 0 Å². The number of amides is 1. The molecule has 1 fully saturated rings. The van der Waals surface area contributed by atoms with Gasteiger partial charge in [-0.3, -0.25) is 9.59 Å². The number of carbonyl (C=O) groups excluding carboxylic acids is 1. The molecule has 2 heterocycles. The molecule has 0 bridgehead atoms. The summed E-state index contributed by atoms with van der Waals surface area (Å²) in [4.78, 5) is 29.1. The molecular weight excluding hydrogens is 286 g/mol. The van der Waals surface area contributed by atoms with Gasteiger partial charge in [-0.2, -0.15) is 4.98 Å². The van der Waals surface area contributed by atoms with Crippen LogP contribution in [0, 0.1) is 5.92 Å². The molecule has 114 valence electrons. The number of hydrogen-bond donors (Lipinski definition) is 1. The Balaban J connectivity index is 1.73. The van der Waals surface area contributed by atoms with E-state index >= 15 is 0 Å². The first kappa shape index (κ1) is 14.2. The van der Waals surface area contributed by atoms with Gasteiger partial charge in [0.1, 0.15) is 0 Å². The van der Waals surface area contributed by atoms with Crippen LogP contribution in [0.3, 0.4) is 0 Å². The van der Waals surface area contributed by atoms with Crippen molar-refractivity contribution in [2.24, 2.45) is 5.92 Å². The van der Waals surface area contributed by atoms with Gasteiger partial charge < -0.3 is 14.5 Å². The summed E-state index contributed by atoms with van der Waals surface area (Å²) < 4.78 is 4.68. The van der Waals surface area contributed by atoms with Crippen LogP contribution in [0.4, 0.5) is 0 Å². The number of piperidine rings is 1. The zero-order chi connectivity index (χ0) is 15.5. The molecule has 1 aromatic carbocycles. The van der Waals surface area contributed by atoms with Crippen LogP contribution >= 0.6 is 0 Å². The molecule has 7 heteroatoms. The van der Waals surface area contributed by atoms with E-state index in [2.05, 4.69) is 14.7 Å². The number of carbonyl (C=O) groups is 2. The average Bonchev–Trinajstić information content (AvgIpc) is 3.09. The minimum Gasteiger partial charge on any atom is -0.481 e. The van der Waals surface area contributed by atoms with Crippen molar-refractivity contribution in [1.82, 2.24) is 15.0 Å². The summed E-state index contributed by atoms with van der Waals surface area (Å²) in [6.07, 6.45) is 2.58. The molecule has 3 rings (SSSR count). The predicted octanol–water partition coefficient (Wildman–Crippen LogP) is 1.67. The summed E-state index contributed by atoms with van der Waals surface area (Å²) in [5.74, 6) is -1.00. The van der Waals surface area contributed by atoms with Crippen molar-refractivity contribution in [2.45, 2.75) is 12.8 Å². The number of carboxylic acid groups (broad SMARTS) is 1. The quantitative estimate of drug-likeness (QED) is 0.926. The summed E-state index contributed by atoms with van der Waals surface area (Å²) in [5, 5.41) is 12.8. The van der Waals surface area contributed by atoms with Crippen molar-refractivity contribution in [3.8, 4) is 11.4 Å². The molecule has 1 unspecified atom stereocenters. The molecule has 1 saturated heterocycles. The van der Waals surface area contributed by atoms with Crippen LogP contribution in [-0.2, 0) is 4.79 Å². The van der Waals surface area contributed by atoms with Gasteiger partial charge in [0.15, 0.2) is 0 Å². The number of likely N-dealkylation sites (tertiary alicyclic amines) is 1. The number of aromatic nitrogens is 2. The minimum atomic E-state index is -0.843. The Bertz CT molecular complexity index is 667. The maximum absolute atomic E-state index is 12.4. The van der Waals surface area contributed by atoms with Gasteiger partial charge in [0.05, 0.1) is 5.92 Å². The van der Waals surface area contributed by atoms with Crippen molar-refractivity contribution in [3.05, 3.63) is 36.2 Å². The summed E-state index contributed by atoms with van der Waals surface area (Å²) in [6.45, 7) is 0.857. The lowest BCUT2D eigenvalue weighted by Crippen LogP contribution is -2.42. The lowest BCUT2D eigenvalue weighted by molar-refractivity contribution is -0.143. The fraction of sp³-hybridized carbons (Fsp3) is 0.333. The Labute approximate surface area is 126 Å². The third kappa shape index (κ3) is 2.83. The summed E-state index contributed by atoms with van der Waals surface area (Å²) >= 11 is 0. The van der Waals surface area contributed by atoms with E-state index in [1.807, 2.05) is 0 Å². The smallest absolute Gasteiger partial charge is 0.308 e. The zero-order valence-corrected chi connectivity index (χ0v) is 11.8. The second kappa shape index (κ2) is 5.97. The lowest BCUT2D eigenvalue weighted by Gasteiger charge is -2.30. The molecule has 1 atom stereocenters. The van der Waals surface area contributed by atoms with E-state index < -0.39 is 11.9 Å². The Morgan fingerprint density at radius 1 is 1.27 bits per heavy atom. The molecule has 1 aromatic heterocycles. The Kier molecular flexibility index (Phi) is 3.86. The van der Waals surface area contributed by atoms with E-state index in [0.29, 0.717) is 30.8 Å². The number of benzene rings is 1. The monoisotopic (exact) mass is 301 g/mol. The maximum atomic E-state index is 12.4. The van der Waals surface area contributed by atoms with Gasteiger partial charge in [-0.15, -0.1) is 0 Å². The second-order valence-corrected chi connectivity index (χ2v) is 5.26. The van der Waals surface area contributed by atoms with Gasteiger partial charge in [-0.05, 0) is 25.0 Å². The Hall–Kier alpha value is -2.70. The van der Waals surface area contributed by atoms with E-state index in [1.165, 1.54) is 6.39 Å². The van der Waals surface area contributed by atoms with E-state index in [4.69, 9.17) is 5.11 Å². The third-order valence-corrected chi connectivity index (χ3v) is 3.81. The first-order valence-electron chi connectivity index (χ1n) is 7.04. The molecule has 1 aliphatic heterocycles. The molecule has 0 radical (unpaired) electrons. The van der Waals surface area contributed by atoms with Gasteiger partial charge in [0.25, 0.3) is 5.91 Å². The topological polar surface area (TPSA) is 96.5 Å². The number of nitrogens with zero attached hydrogens (tertiary/aromatic N) is 3. The molecule has 1 aliphatic rings. The van der Waals surface area contributed by atoms with Crippen LogP contribution in [0.2, 0.25) is 0 Å². The molecule has 22 heavy (non-hydrogen) atoms. The Morgan fingerprint density at radius 3 is 2.68 bits per heavy atom. The van der Waals surface area contributed by atoms with Crippen molar-refractivity contribution >= 4 is 11.9 Å². The van der Waals surface area contributed by atoms with Crippen molar-refractivity contribution < 1.29 is 19.2 Å². The Morgan fingerprint density at radius 2 is 2.05 bits per heavy atom. The number of aliphatic carboxylic acids is 1. The summed E-state index contributed by atoms with van der Waals surface area (Å²) in [6, 6.07) is 6.88. The van der Waals surface area contributed by atoms with E-state index in [-0.39, 0.29) is 12.5 Å². The SMILES string of the molecule is O=C(O)C1CCCN(C(=O)c2ccc(-c3ncon3)cc2)C1. The highest BCUT2D eigenvalue weighted by atomic mass is 16.5. The highest BCUT2D eigenvalue weighted by Crippen LogP contribution is 2.20. The van der Waals surface area contributed by atoms with Crippen LogP contribution < -0.4 is 0 Å². The summed E-state index contributed by atoms with van der Waals surface area (Å²) in [5.41, 5.74) is 1.28. The minimum absolute atomic E-state index is 0.148. The molecule has 0 spiro atoms. The maximum Gasteiger partial charge on any atom is 0.308 e. The zero-order valence-electron chi connectivity index (χ0n) is 11.8. The number of hydrogen-bond acceptors (Lipinski definition) is 5. The standard InChI is InChI=1S/C15H15N3O4/c19-14(18-7-1-2-12(8-18)15(20)21)11-5-3-10(4-6-11)13-16-9-22-17-13/h3-6,9,12H,1-2,7-8H2,(H,20,21). The van der Waals surface area contributed by atoms with Gasteiger partial charge >= 0.3 is 5.97 Å². The molecule has 0 saturated carbocycles. The highest BCUT2D eigenvalue weighted by molar-refractivity contribution is 5.95. The normalized spacial score (nSPS) is 18.2. The van der Waals surface area contributed by atoms with E-state index in [0.717, 1.165) is 5.56 Å². The van der Waals surface area contributed by atoms with Gasteiger partial charge in [-0.25, -0.2) is 0 Å². The fourth-order valence-electron chi connectivity index (χ4n) is 2.61. The van der Waals surface area contributed by atoms with Crippen LogP contribution in [-0.4, -0.2) is 45.1 Å². The highest BCUT2D eigenvalue weighted by Gasteiger charge is 2.28. The molecule has 0 aliphatic carbocycles. The summed E-state index contributed by atoms with van der Waals surface area (Å²) in [7, 11) is 0. The van der Waals surface area contributed by atoms with Gasteiger partial charge in [-0.1, -0.05) is 17.3 Å². The predicted molar refractivity (Wildman–Crippen MR) is 76.0 cm³/mol. The van der Waals surface area contributed by atoms with Crippen molar-refractivity contribution in [2.75, 3.05) is 13.1 Å². The van der Waals surface area contributed by atoms with Crippen molar-refractivity contribution in [1.29, 1.82) is 0 Å². The molecule has 1 N–H and O–H groups in total. The lowest BCUT2D eigenvalue weighted by atomic mass is 9.97. The molecule has 7 nitrogen and oxygen atoms in total. The first-order valence-corrected chi connectivity index (χ1v) is 7.04. The van der Waals surface area contributed by atoms with Crippen molar-refractivity contribution in [3.63, 3.8) is 0 Å². The molecular formula is C15H15N3O4. The fourth-order valence-corrected chi connectivity index (χ4v) is 2.61. The van der Waals surface area contributed by atoms with E-state index in [1.54, 1.807) is 29.2 Å². The first-order chi connectivity index (χ1) is 10.6. The van der Waals surface area contributed by atoms with Gasteiger partial charge in [0, 0.05) is 24.2 Å². The molecule has 2 aromatic rings. The van der Waals surface area contributed by atoms with Crippen LogP contribution in [0.25, 0.3) is 11.4 Å². The number of carboxylic acids is 1. The van der Waals surface area contributed by atoms with Crippen LogP contribution in [0.15, 0.2) is 35.2 Å². The average molecular weight is 301 g/mol. The van der Waals surface area contributed by atoms with Crippen LogP contribution in [0.1, 0.15) is 23.2 Å². The van der Waals surface area contributed by atoms with E-state index in [9.17, 15) is 9.59 Å². The largest absolute Gasteiger partial charge is 0.481 e.